The number of hydrogen-bond acceptors (Lipinski definition) is 6. The van der Waals surface area contributed by atoms with Crippen LogP contribution in [-0.4, -0.2) is 22.7 Å². The molecule has 0 spiro atoms. The normalized spacial score (nSPS) is 16.3. The highest BCUT2D eigenvalue weighted by atomic mass is 32.2. The van der Waals surface area contributed by atoms with Crippen LogP contribution in [0.2, 0.25) is 0 Å². The van der Waals surface area contributed by atoms with Gasteiger partial charge in [0.25, 0.3) is 5.91 Å². The fourth-order valence-electron chi connectivity index (χ4n) is 2.17. The summed E-state index contributed by atoms with van der Waals surface area (Å²) < 4.78 is 5.61. The Morgan fingerprint density at radius 2 is 2.14 bits per heavy atom. The molecule has 0 saturated carbocycles. The van der Waals surface area contributed by atoms with E-state index in [2.05, 4.69) is 9.98 Å². The lowest BCUT2D eigenvalue weighted by Gasteiger charge is -2.09. The van der Waals surface area contributed by atoms with Gasteiger partial charge in [0.2, 0.25) is 0 Å². The molecule has 0 radical (unpaired) electrons. The smallest absolute Gasteiger partial charge is 0.286 e. The second kappa shape index (κ2) is 5.69. The summed E-state index contributed by atoms with van der Waals surface area (Å²) in [6, 6.07) is 7.30. The van der Waals surface area contributed by atoms with E-state index >= 15 is 0 Å². The van der Waals surface area contributed by atoms with Gasteiger partial charge in [0.1, 0.15) is 11.6 Å². The van der Waals surface area contributed by atoms with Gasteiger partial charge in [0, 0.05) is 11.5 Å². The molecule has 22 heavy (non-hydrogen) atoms. The van der Waals surface area contributed by atoms with Crippen LogP contribution in [0.5, 0.6) is 5.75 Å². The Bertz CT molecular complexity index is 830. The number of carbonyl (C=O) groups excluding carboxylic acids is 1. The number of ether oxygens (including phenoxy) is 1. The lowest BCUT2D eigenvalue weighted by Crippen LogP contribution is -2.01. The molecule has 3 rings (SSSR count). The summed E-state index contributed by atoms with van der Waals surface area (Å²) in [6.07, 6.45) is 1.75. The second-order valence-corrected chi connectivity index (χ2v) is 5.68. The number of nitrogens with zero attached hydrogens (tertiary/aromatic N) is 2. The Balaban J connectivity index is 2.06. The molecular weight excluding hydrogens is 300 g/mol. The number of amides is 1. The first-order chi connectivity index (χ1) is 10.6. The van der Waals surface area contributed by atoms with Crippen LogP contribution in [0, 0.1) is 0 Å². The zero-order valence-electron chi connectivity index (χ0n) is 11.9. The van der Waals surface area contributed by atoms with Crippen molar-refractivity contribution in [1.29, 1.82) is 0 Å². The van der Waals surface area contributed by atoms with Gasteiger partial charge in [-0.3, -0.25) is 4.79 Å². The van der Waals surface area contributed by atoms with Crippen LogP contribution in [0.15, 0.2) is 34.2 Å². The number of amidine groups is 1. The molecule has 2 aromatic rings. The summed E-state index contributed by atoms with van der Waals surface area (Å²) in [5.41, 5.74) is 12.9. The van der Waals surface area contributed by atoms with E-state index in [0.29, 0.717) is 23.1 Å². The highest BCUT2D eigenvalue weighted by Gasteiger charge is 2.19. The maximum atomic E-state index is 11.7. The molecule has 1 aromatic heterocycles. The molecule has 0 aliphatic carbocycles. The number of nitrogens with two attached hydrogens (primary N) is 2. The van der Waals surface area contributed by atoms with Gasteiger partial charge in [-0.25, -0.2) is 4.98 Å². The SMILES string of the molecule is CCOc1cc(N)nc2ccc(/C=C3\SC(N)=NC3=O)cc12. The van der Waals surface area contributed by atoms with Crippen LogP contribution in [0.25, 0.3) is 17.0 Å². The lowest BCUT2D eigenvalue weighted by atomic mass is 10.1. The molecule has 2 heterocycles. The number of aromatic nitrogens is 1. The van der Waals surface area contributed by atoms with E-state index in [1.807, 2.05) is 25.1 Å². The minimum atomic E-state index is -0.317. The van der Waals surface area contributed by atoms with E-state index < -0.39 is 0 Å². The lowest BCUT2D eigenvalue weighted by molar-refractivity contribution is -0.113. The van der Waals surface area contributed by atoms with Crippen molar-refractivity contribution in [2.24, 2.45) is 10.7 Å². The van der Waals surface area contributed by atoms with Crippen LogP contribution in [-0.2, 0) is 4.79 Å². The molecule has 7 heteroatoms. The first kappa shape index (κ1) is 14.4. The van der Waals surface area contributed by atoms with E-state index in [0.717, 1.165) is 28.2 Å². The van der Waals surface area contributed by atoms with E-state index in [-0.39, 0.29) is 11.1 Å². The average Bonchev–Trinajstić information content (AvgIpc) is 2.77. The highest BCUT2D eigenvalue weighted by molar-refractivity contribution is 8.18. The number of rotatable bonds is 3. The molecule has 0 saturated heterocycles. The molecule has 1 amide bonds. The summed E-state index contributed by atoms with van der Waals surface area (Å²) in [7, 11) is 0. The number of anilines is 1. The average molecular weight is 314 g/mol. The third-order valence-corrected chi connectivity index (χ3v) is 3.86. The maximum absolute atomic E-state index is 11.7. The highest BCUT2D eigenvalue weighted by Crippen LogP contribution is 2.30. The van der Waals surface area contributed by atoms with Gasteiger partial charge in [0.15, 0.2) is 5.17 Å². The summed E-state index contributed by atoms with van der Waals surface area (Å²) in [6.45, 7) is 2.44. The predicted molar refractivity (Wildman–Crippen MR) is 89.5 cm³/mol. The van der Waals surface area contributed by atoms with Gasteiger partial charge in [-0.05, 0) is 42.5 Å². The van der Waals surface area contributed by atoms with E-state index in [1.165, 1.54) is 0 Å². The van der Waals surface area contributed by atoms with Crippen LogP contribution >= 0.6 is 11.8 Å². The minimum Gasteiger partial charge on any atom is -0.493 e. The summed E-state index contributed by atoms with van der Waals surface area (Å²) in [5.74, 6) is 0.763. The summed E-state index contributed by atoms with van der Waals surface area (Å²) in [4.78, 5) is 20.1. The molecular formula is C15H14N4O2S. The third-order valence-electron chi connectivity index (χ3n) is 3.05. The predicted octanol–water partition coefficient (Wildman–Crippen LogP) is 2.14. The van der Waals surface area contributed by atoms with Gasteiger partial charge < -0.3 is 16.2 Å². The van der Waals surface area contributed by atoms with Crippen molar-refractivity contribution in [3.8, 4) is 5.75 Å². The standard InChI is InChI=1S/C15H14N4O2S/c1-2-21-11-7-13(16)18-10-4-3-8(5-9(10)11)6-12-14(20)19-15(17)22-12/h3-7H,2H2,1H3,(H2,16,18)(H2,17,19,20)/b12-6-. The fraction of sp³-hybridized carbons (Fsp3) is 0.133. The number of thioether (sulfide) groups is 1. The van der Waals surface area contributed by atoms with Gasteiger partial charge in [-0.2, -0.15) is 4.99 Å². The monoisotopic (exact) mass is 314 g/mol. The van der Waals surface area contributed by atoms with Crippen molar-refractivity contribution >= 4 is 45.6 Å². The molecule has 4 N–H and O–H groups in total. The quantitative estimate of drug-likeness (QED) is 0.841. The van der Waals surface area contributed by atoms with E-state index in [1.54, 1.807) is 12.1 Å². The molecule has 1 aliphatic heterocycles. The van der Waals surface area contributed by atoms with Crippen molar-refractivity contribution in [2.45, 2.75) is 6.92 Å². The van der Waals surface area contributed by atoms with Crippen molar-refractivity contribution in [1.82, 2.24) is 4.98 Å². The second-order valence-electron chi connectivity index (χ2n) is 4.62. The zero-order valence-corrected chi connectivity index (χ0v) is 12.7. The number of nitrogen functional groups attached to an aromatic ring is 1. The van der Waals surface area contributed by atoms with Crippen molar-refractivity contribution < 1.29 is 9.53 Å². The molecule has 0 atom stereocenters. The maximum Gasteiger partial charge on any atom is 0.286 e. The van der Waals surface area contributed by atoms with Gasteiger partial charge >= 0.3 is 0 Å². The minimum absolute atomic E-state index is 0.265. The van der Waals surface area contributed by atoms with Crippen molar-refractivity contribution in [3.05, 3.63) is 34.7 Å². The summed E-state index contributed by atoms with van der Waals surface area (Å²) in [5, 5.41) is 1.11. The zero-order chi connectivity index (χ0) is 15.7. The van der Waals surface area contributed by atoms with Crippen LogP contribution in [0.3, 0.4) is 0 Å². The fourth-order valence-corrected chi connectivity index (χ4v) is 2.86. The van der Waals surface area contributed by atoms with E-state index in [9.17, 15) is 4.79 Å². The van der Waals surface area contributed by atoms with Crippen LogP contribution in [0.1, 0.15) is 12.5 Å². The number of carbonyl (C=O) groups is 1. The van der Waals surface area contributed by atoms with Gasteiger partial charge in [0.05, 0.1) is 17.0 Å². The van der Waals surface area contributed by atoms with Crippen LogP contribution in [0.4, 0.5) is 5.82 Å². The van der Waals surface area contributed by atoms with E-state index in [4.69, 9.17) is 16.2 Å². The third kappa shape index (κ3) is 2.75. The first-order valence-electron chi connectivity index (χ1n) is 6.68. The largest absolute Gasteiger partial charge is 0.493 e. The molecule has 1 aliphatic rings. The molecule has 0 fully saturated rings. The Labute approximate surface area is 131 Å². The number of hydrogen-bond donors (Lipinski definition) is 2. The van der Waals surface area contributed by atoms with Gasteiger partial charge in [-0.1, -0.05) is 6.07 Å². The first-order valence-corrected chi connectivity index (χ1v) is 7.49. The number of aliphatic imine (C=N–C) groups is 1. The molecule has 1 aromatic carbocycles. The molecule has 6 nitrogen and oxygen atoms in total. The summed E-state index contributed by atoms with van der Waals surface area (Å²) >= 11 is 1.16. The van der Waals surface area contributed by atoms with Crippen molar-refractivity contribution in [3.63, 3.8) is 0 Å². The number of pyridine rings is 1. The Kier molecular flexibility index (Phi) is 3.72. The molecule has 0 bridgehead atoms. The molecule has 0 unspecified atom stereocenters. The topological polar surface area (TPSA) is 104 Å². The van der Waals surface area contributed by atoms with Crippen LogP contribution < -0.4 is 16.2 Å². The Morgan fingerprint density at radius 3 is 2.82 bits per heavy atom. The number of benzene rings is 1. The Morgan fingerprint density at radius 1 is 1.32 bits per heavy atom. The molecule has 112 valence electrons. The van der Waals surface area contributed by atoms with Crippen molar-refractivity contribution in [2.75, 3.05) is 12.3 Å². The number of fused-ring (bicyclic) bond motifs is 1. The Hall–Kier alpha value is -2.54. The van der Waals surface area contributed by atoms with Gasteiger partial charge in [-0.15, -0.1) is 0 Å².